The number of aryl methyl sites for hydroxylation is 1. The van der Waals surface area contributed by atoms with Crippen molar-refractivity contribution in [2.24, 2.45) is 0 Å². The molecule has 0 aliphatic heterocycles. The van der Waals surface area contributed by atoms with Gasteiger partial charge in [0.05, 0.1) is 16.9 Å². The Morgan fingerprint density at radius 2 is 2.00 bits per heavy atom. The first-order valence-corrected chi connectivity index (χ1v) is 7.29. The maximum absolute atomic E-state index is 14.0. The van der Waals surface area contributed by atoms with Crippen molar-refractivity contribution < 1.29 is 8.81 Å². The fourth-order valence-electron chi connectivity index (χ4n) is 2.59. The first-order valence-electron chi connectivity index (χ1n) is 6.85. The molecule has 3 rings (SSSR count). The van der Waals surface area contributed by atoms with Crippen molar-refractivity contribution in [3.63, 3.8) is 0 Å². The van der Waals surface area contributed by atoms with Crippen LogP contribution in [0.1, 0.15) is 42.6 Å². The predicted octanol–water partition coefficient (Wildman–Crippen LogP) is 4.99. The lowest BCUT2D eigenvalue weighted by Gasteiger charge is -2.16. The Morgan fingerprint density at radius 1 is 1.24 bits per heavy atom. The molecule has 0 radical (unpaired) electrons. The highest BCUT2D eigenvalue weighted by Gasteiger charge is 2.23. The number of furan rings is 1. The van der Waals surface area contributed by atoms with E-state index in [-0.39, 0.29) is 17.2 Å². The highest BCUT2D eigenvalue weighted by Crippen LogP contribution is 2.32. The summed E-state index contributed by atoms with van der Waals surface area (Å²) in [5.41, 5.74) is 1.06. The van der Waals surface area contributed by atoms with Gasteiger partial charge in [-0.2, -0.15) is 0 Å². The lowest BCUT2D eigenvalue weighted by Crippen LogP contribution is -2.10. The molecule has 3 nitrogen and oxygen atoms in total. The molecule has 0 fully saturated rings. The summed E-state index contributed by atoms with van der Waals surface area (Å²) in [5, 5.41) is -0.324. The summed E-state index contributed by atoms with van der Waals surface area (Å²) >= 11 is 6.23. The Bertz CT molecular complexity index is 791. The van der Waals surface area contributed by atoms with Crippen molar-refractivity contribution in [3.8, 4) is 0 Å². The molecule has 1 aromatic carbocycles. The van der Waals surface area contributed by atoms with Crippen LogP contribution in [0, 0.1) is 12.7 Å². The minimum atomic E-state index is -0.340. The lowest BCUT2D eigenvalue weighted by molar-refractivity contribution is 0.427. The summed E-state index contributed by atoms with van der Waals surface area (Å²) in [6.07, 6.45) is 0. The van der Waals surface area contributed by atoms with Crippen molar-refractivity contribution in [2.45, 2.75) is 32.2 Å². The molecule has 2 unspecified atom stereocenters. The van der Waals surface area contributed by atoms with Crippen molar-refractivity contribution >= 4 is 22.6 Å². The van der Waals surface area contributed by atoms with E-state index < -0.39 is 0 Å². The number of halogens is 2. The van der Waals surface area contributed by atoms with Gasteiger partial charge in [-0.05, 0) is 45.0 Å². The second-order valence-electron chi connectivity index (χ2n) is 5.19. The largest absolute Gasteiger partial charge is 0.464 e. The van der Waals surface area contributed by atoms with Gasteiger partial charge in [-0.3, -0.25) is 0 Å². The molecular weight excluding hydrogens is 291 g/mol. The molecule has 21 heavy (non-hydrogen) atoms. The molecule has 0 spiro atoms. The maximum Gasteiger partial charge on any atom is 0.151 e. The van der Waals surface area contributed by atoms with Crippen LogP contribution >= 0.6 is 11.6 Å². The van der Waals surface area contributed by atoms with Gasteiger partial charge in [-0.15, -0.1) is 11.6 Å². The topological polar surface area (TPSA) is 31.0 Å². The fourth-order valence-corrected chi connectivity index (χ4v) is 2.75. The Hall–Kier alpha value is -1.81. The molecule has 110 valence electrons. The highest BCUT2D eigenvalue weighted by atomic mass is 35.5. The Labute approximate surface area is 127 Å². The zero-order valence-corrected chi connectivity index (χ0v) is 12.9. The first kappa shape index (κ1) is 14.1. The van der Waals surface area contributed by atoms with Gasteiger partial charge in [0.1, 0.15) is 22.9 Å². The van der Waals surface area contributed by atoms with Gasteiger partial charge < -0.3 is 8.98 Å². The molecule has 0 aliphatic carbocycles. The van der Waals surface area contributed by atoms with E-state index in [0.29, 0.717) is 11.3 Å². The Morgan fingerprint density at radius 3 is 2.62 bits per heavy atom. The molecule has 0 bridgehead atoms. The van der Waals surface area contributed by atoms with Crippen LogP contribution in [-0.2, 0) is 0 Å². The van der Waals surface area contributed by atoms with Crippen molar-refractivity contribution in [1.29, 1.82) is 0 Å². The van der Waals surface area contributed by atoms with E-state index in [9.17, 15) is 4.39 Å². The smallest absolute Gasteiger partial charge is 0.151 e. The minimum Gasteiger partial charge on any atom is -0.464 e. The number of fused-ring (bicyclic) bond motifs is 1. The summed E-state index contributed by atoms with van der Waals surface area (Å²) in [4.78, 5) is 4.38. The second kappa shape index (κ2) is 5.19. The molecule has 5 heteroatoms. The lowest BCUT2D eigenvalue weighted by atomic mass is 10.2. The molecule has 2 aromatic heterocycles. The number of benzene rings is 1. The summed E-state index contributed by atoms with van der Waals surface area (Å²) in [7, 11) is 0. The zero-order valence-electron chi connectivity index (χ0n) is 12.1. The average Bonchev–Trinajstić information content (AvgIpc) is 3.02. The number of rotatable bonds is 3. The van der Waals surface area contributed by atoms with E-state index >= 15 is 0 Å². The minimum absolute atomic E-state index is 0.110. The maximum atomic E-state index is 14.0. The van der Waals surface area contributed by atoms with Gasteiger partial charge in [-0.25, -0.2) is 9.37 Å². The number of hydrogen-bond donors (Lipinski definition) is 0. The van der Waals surface area contributed by atoms with Gasteiger partial charge >= 0.3 is 0 Å². The van der Waals surface area contributed by atoms with Gasteiger partial charge in [-0.1, -0.05) is 6.07 Å². The van der Waals surface area contributed by atoms with Crippen molar-refractivity contribution in [1.82, 2.24) is 9.55 Å². The first-order chi connectivity index (χ1) is 9.99. The summed E-state index contributed by atoms with van der Waals surface area (Å²) in [6, 6.07) is 8.66. The Balaban J connectivity index is 2.24. The van der Waals surface area contributed by atoms with Crippen LogP contribution in [0.3, 0.4) is 0 Å². The van der Waals surface area contributed by atoms with Gasteiger partial charge in [0.25, 0.3) is 0 Å². The van der Waals surface area contributed by atoms with Crippen LogP contribution in [-0.4, -0.2) is 9.55 Å². The second-order valence-corrected chi connectivity index (χ2v) is 5.84. The van der Waals surface area contributed by atoms with Gasteiger partial charge in [0, 0.05) is 0 Å². The highest BCUT2D eigenvalue weighted by molar-refractivity contribution is 6.20. The summed E-state index contributed by atoms with van der Waals surface area (Å²) in [5.74, 6) is 1.94. The molecule has 0 saturated carbocycles. The quantitative estimate of drug-likeness (QED) is 0.639. The number of nitrogens with zero attached hydrogens (tertiary/aromatic N) is 2. The van der Waals surface area contributed by atoms with Crippen LogP contribution in [0.2, 0.25) is 0 Å². The normalized spacial score (nSPS) is 14.5. The number of alkyl halides is 1. The number of hydrogen-bond acceptors (Lipinski definition) is 2. The van der Waals surface area contributed by atoms with E-state index in [1.165, 1.54) is 6.07 Å². The molecule has 2 heterocycles. The third kappa shape index (κ3) is 2.33. The van der Waals surface area contributed by atoms with E-state index in [4.69, 9.17) is 16.0 Å². The summed E-state index contributed by atoms with van der Waals surface area (Å²) in [6.45, 7) is 5.72. The van der Waals surface area contributed by atoms with Gasteiger partial charge in [0.2, 0.25) is 0 Å². The van der Waals surface area contributed by atoms with Gasteiger partial charge in [0.15, 0.2) is 5.82 Å². The van der Waals surface area contributed by atoms with E-state index in [2.05, 4.69) is 4.98 Å². The Kier molecular flexibility index (Phi) is 3.49. The van der Waals surface area contributed by atoms with E-state index in [1.54, 1.807) is 6.07 Å². The van der Waals surface area contributed by atoms with Crippen LogP contribution in [0.4, 0.5) is 4.39 Å². The molecular formula is C16H16ClFN2O. The molecule has 2 atom stereocenters. The SMILES string of the molecule is Cc1ccc(C(C)n2c(C(C)Cl)nc3c(F)cccc32)o1. The van der Waals surface area contributed by atoms with E-state index in [1.807, 2.05) is 43.5 Å². The molecule has 0 amide bonds. The zero-order chi connectivity index (χ0) is 15.1. The average molecular weight is 307 g/mol. The van der Waals surface area contributed by atoms with Crippen LogP contribution in [0.5, 0.6) is 0 Å². The number of aromatic nitrogens is 2. The number of para-hydroxylation sites is 1. The standard InChI is InChI=1S/C16H16ClFN2O/c1-9-7-8-14(21-9)11(3)20-13-6-4-5-12(18)15(13)19-16(20)10(2)17/h4-8,10-11H,1-3H3. The molecule has 0 aliphatic rings. The molecule has 3 aromatic rings. The monoisotopic (exact) mass is 306 g/mol. The molecule has 0 saturated heterocycles. The third-order valence-corrected chi connectivity index (χ3v) is 3.81. The third-order valence-electron chi connectivity index (χ3n) is 3.61. The predicted molar refractivity (Wildman–Crippen MR) is 81.2 cm³/mol. The summed E-state index contributed by atoms with van der Waals surface area (Å²) < 4.78 is 21.6. The van der Waals surface area contributed by atoms with E-state index in [0.717, 1.165) is 17.0 Å². The van der Waals surface area contributed by atoms with Crippen LogP contribution in [0.15, 0.2) is 34.7 Å². The van der Waals surface area contributed by atoms with Crippen molar-refractivity contribution in [2.75, 3.05) is 0 Å². The molecule has 0 N–H and O–H groups in total. The fraction of sp³-hybridized carbons (Fsp3) is 0.312. The van der Waals surface area contributed by atoms with Crippen molar-refractivity contribution in [3.05, 3.63) is 53.5 Å². The number of imidazole rings is 1. The van der Waals surface area contributed by atoms with Crippen LogP contribution in [0.25, 0.3) is 11.0 Å². The van der Waals surface area contributed by atoms with Crippen LogP contribution < -0.4 is 0 Å².